The van der Waals surface area contributed by atoms with Crippen LogP contribution in [0.2, 0.25) is 5.02 Å². The van der Waals surface area contributed by atoms with Crippen molar-refractivity contribution in [3.8, 4) is 5.75 Å². The highest BCUT2D eigenvalue weighted by molar-refractivity contribution is 9.10. The van der Waals surface area contributed by atoms with Gasteiger partial charge >= 0.3 is 0 Å². The lowest BCUT2D eigenvalue weighted by Gasteiger charge is -2.10. The summed E-state index contributed by atoms with van der Waals surface area (Å²) in [6, 6.07) is 6.93. The Balaban J connectivity index is 2.21. The number of methoxy groups -OCH3 is 1. The van der Waals surface area contributed by atoms with Crippen LogP contribution in [0.15, 0.2) is 34.9 Å². The van der Waals surface area contributed by atoms with E-state index in [1.165, 1.54) is 7.11 Å². The van der Waals surface area contributed by atoms with E-state index >= 15 is 0 Å². The molecule has 1 heterocycles. The summed E-state index contributed by atoms with van der Waals surface area (Å²) in [6.45, 7) is 2.86. The highest BCUT2D eigenvalue weighted by atomic mass is 79.9. The number of aryl methyl sites for hydroxylation is 1. The zero-order valence-corrected chi connectivity index (χ0v) is 14.2. The Morgan fingerprint density at radius 2 is 2.19 bits per heavy atom. The average molecular weight is 372 g/mol. The fourth-order valence-electron chi connectivity index (χ4n) is 2.02. The molecule has 0 radical (unpaired) electrons. The number of hydrogen-bond donors (Lipinski definition) is 1. The topological polar surface area (TPSA) is 43.3 Å². The van der Waals surface area contributed by atoms with E-state index in [1.54, 1.807) is 24.3 Å². The van der Waals surface area contributed by atoms with E-state index < -0.39 is 0 Å². The van der Waals surface area contributed by atoms with E-state index in [0.29, 0.717) is 22.2 Å². The molecule has 1 aromatic carbocycles. The van der Waals surface area contributed by atoms with Crippen LogP contribution in [0.1, 0.15) is 23.8 Å². The molecule has 2 rings (SSSR count). The molecule has 1 aromatic heterocycles. The summed E-state index contributed by atoms with van der Waals surface area (Å²) in [4.78, 5) is 12.4. The molecule has 0 aliphatic carbocycles. The molecule has 0 unspecified atom stereocenters. The molecule has 0 bridgehead atoms. The molecule has 2 aromatic rings. The summed E-state index contributed by atoms with van der Waals surface area (Å²) in [5, 5.41) is 3.36. The van der Waals surface area contributed by atoms with Crippen LogP contribution in [0.3, 0.4) is 0 Å². The molecule has 0 saturated carbocycles. The van der Waals surface area contributed by atoms with Crippen LogP contribution in [0, 0.1) is 0 Å². The summed E-state index contributed by atoms with van der Waals surface area (Å²) < 4.78 is 7.95. The average Bonchev–Trinajstić information content (AvgIpc) is 2.82. The molecular formula is C15H16BrClN2O2. The lowest BCUT2D eigenvalue weighted by Crippen LogP contribution is -2.16. The Bertz CT molecular complexity index is 655. The second-order valence-corrected chi connectivity index (χ2v) is 5.86. The Morgan fingerprint density at radius 3 is 2.86 bits per heavy atom. The first-order valence-corrected chi connectivity index (χ1v) is 7.72. The molecule has 0 aliphatic heterocycles. The number of carbonyl (C=O) groups excluding carboxylic acids is 1. The van der Waals surface area contributed by atoms with Crippen molar-refractivity contribution >= 4 is 39.1 Å². The van der Waals surface area contributed by atoms with Gasteiger partial charge in [-0.3, -0.25) is 4.79 Å². The van der Waals surface area contributed by atoms with Crippen molar-refractivity contribution in [3.05, 3.63) is 45.7 Å². The largest absolute Gasteiger partial charge is 0.495 e. The third-order valence-corrected chi connectivity index (χ3v) is 3.72. The molecule has 0 spiro atoms. The van der Waals surface area contributed by atoms with Crippen LogP contribution in [0.5, 0.6) is 5.75 Å². The van der Waals surface area contributed by atoms with E-state index in [-0.39, 0.29) is 5.91 Å². The molecular weight excluding hydrogens is 356 g/mol. The maximum absolute atomic E-state index is 12.4. The van der Waals surface area contributed by atoms with E-state index in [0.717, 1.165) is 17.4 Å². The van der Waals surface area contributed by atoms with E-state index in [1.807, 2.05) is 10.8 Å². The normalized spacial score (nSPS) is 10.5. The molecule has 4 nitrogen and oxygen atoms in total. The number of benzene rings is 1. The molecule has 0 saturated heterocycles. The minimum Gasteiger partial charge on any atom is -0.495 e. The van der Waals surface area contributed by atoms with Gasteiger partial charge in [0.2, 0.25) is 0 Å². The first kappa shape index (κ1) is 15.9. The van der Waals surface area contributed by atoms with E-state index in [9.17, 15) is 4.79 Å². The molecule has 0 aliphatic rings. The van der Waals surface area contributed by atoms with Gasteiger partial charge in [-0.05, 0) is 40.5 Å². The highest BCUT2D eigenvalue weighted by Gasteiger charge is 2.13. The van der Waals surface area contributed by atoms with E-state index in [4.69, 9.17) is 16.3 Å². The number of halogens is 2. The molecule has 21 heavy (non-hydrogen) atoms. The zero-order valence-electron chi connectivity index (χ0n) is 11.8. The van der Waals surface area contributed by atoms with Crippen LogP contribution in [0.4, 0.5) is 5.69 Å². The molecule has 1 N–H and O–H groups in total. The third-order valence-electron chi connectivity index (χ3n) is 2.97. The van der Waals surface area contributed by atoms with Gasteiger partial charge in [0.15, 0.2) is 0 Å². The van der Waals surface area contributed by atoms with Crippen LogP contribution >= 0.6 is 27.5 Å². The fourth-order valence-corrected chi connectivity index (χ4v) is 2.68. The second kappa shape index (κ2) is 7.00. The number of hydrogen-bond acceptors (Lipinski definition) is 2. The van der Waals surface area contributed by atoms with E-state index in [2.05, 4.69) is 28.2 Å². The summed E-state index contributed by atoms with van der Waals surface area (Å²) in [5.74, 6) is 0.359. The smallest absolute Gasteiger partial charge is 0.272 e. The van der Waals surface area contributed by atoms with Crippen molar-refractivity contribution < 1.29 is 9.53 Å². The Kier molecular flexibility index (Phi) is 5.31. The lowest BCUT2D eigenvalue weighted by molar-refractivity contribution is 0.101. The summed E-state index contributed by atoms with van der Waals surface area (Å²) in [5.41, 5.74) is 1.25. The van der Waals surface area contributed by atoms with Crippen molar-refractivity contribution in [1.82, 2.24) is 4.57 Å². The summed E-state index contributed by atoms with van der Waals surface area (Å²) >= 11 is 9.37. The second-order valence-electron chi connectivity index (χ2n) is 4.54. The maximum Gasteiger partial charge on any atom is 0.272 e. The Morgan fingerprint density at radius 1 is 1.43 bits per heavy atom. The van der Waals surface area contributed by atoms with Gasteiger partial charge in [0.25, 0.3) is 5.91 Å². The predicted octanol–water partition coefficient (Wildman–Crippen LogP) is 4.57. The Labute approximate surface area is 137 Å². The molecule has 6 heteroatoms. The van der Waals surface area contributed by atoms with Gasteiger partial charge in [-0.15, -0.1) is 0 Å². The van der Waals surface area contributed by atoms with Gasteiger partial charge in [0, 0.05) is 29.0 Å². The standard InChI is InChI=1S/C15H16BrClN2O2/c1-3-6-19-9-10(16)7-13(19)15(20)18-11-4-5-12(17)14(8-11)21-2/h4-5,7-9H,3,6H2,1-2H3,(H,18,20). The number of rotatable bonds is 5. The maximum atomic E-state index is 12.4. The zero-order chi connectivity index (χ0) is 15.4. The molecule has 112 valence electrons. The summed E-state index contributed by atoms with van der Waals surface area (Å²) in [7, 11) is 1.54. The number of anilines is 1. The number of ether oxygens (including phenoxy) is 1. The number of aromatic nitrogens is 1. The number of nitrogens with one attached hydrogen (secondary N) is 1. The van der Waals surface area contributed by atoms with Crippen molar-refractivity contribution in [3.63, 3.8) is 0 Å². The minimum absolute atomic E-state index is 0.168. The minimum atomic E-state index is -0.168. The van der Waals surface area contributed by atoms with Crippen LogP contribution < -0.4 is 10.1 Å². The number of carbonyl (C=O) groups is 1. The first-order chi connectivity index (χ1) is 10.0. The molecule has 1 amide bonds. The van der Waals surface area contributed by atoms with Gasteiger partial charge in [-0.2, -0.15) is 0 Å². The summed E-state index contributed by atoms with van der Waals surface area (Å²) in [6.07, 6.45) is 2.86. The van der Waals surface area contributed by atoms with Crippen LogP contribution in [0.25, 0.3) is 0 Å². The first-order valence-electron chi connectivity index (χ1n) is 6.55. The quantitative estimate of drug-likeness (QED) is 0.836. The third kappa shape index (κ3) is 3.80. The van der Waals surface area contributed by atoms with Gasteiger partial charge < -0.3 is 14.6 Å². The van der Waals surface area contributed by atoms with Gasteiger partial charge in [-0.25, -0.2) is 0 Å². The number of nitrogens with zero attached hydrogens (tertiary/aromatic N) is 1. The van der Waals surface area contributed by atoms with Crippen LogP contribution in [-0.4, -0.2) is 17.6 Å². The van der Waals surface area contributed by atoms with Crippen molar-refractivity contribution in [2.24, 2.45) is 0 Å². The fraction of sp³-hybridized carbons (Fsp3) is 0.267. The lowest BCUT2D eigenvalue weighted by atomic mass is 10.3. The SMILES string of the molecule is CCCn1cc(Br)cc1C(=O)Nc1ccc(Cl)c(OC)c1. The monoisotopic (exact) mass is 370 g/mol. The van der Waals surface area contributed by atoms with Gasteiger partial charge in [-0.1, -0.05) is 18.5 Å². The van der Waals surface area contributed by atoms with Crippen LogP contribution in [-0.2, 0) is 6.54 Å². The number of amides is 1. The van der Waals surface area contributed by atoms with Gasteiger partial charge in [0.1, 0.15) is 11.4 Å². The molecule has 0 fully saturated rings. The molecule has 0 atom stereocenters. The van der Waals surface area contributed by atoms with Crippen molar-refractivity contribution in [1.29, 1.82) is 0 Å². The van der Waals surface area contributed by atoms with Gasteiger partial charge in [0.05, 0.1) is 12.1 Å². The Hall–Kier alpha value is -1.46. The van der Waals surface area contributed by atoms with Crippen molar-refractivity contribution in [2.75, 3.05) is 12.4 Å². The van der Waals surface area contributed by atoms with Crippen molar-refractivity contribution in [2.45, 2.75) is 19.9 Å². The highest BCUT2D eigenvalue weighted by Crippen LogP contribution is 2.27. The predicted molar refractivity (Wildman–Crippen MR) is 88.4 cm³/mol.